The minimum atomic E-state index is -0.771. The van der Waals surface area contributed by atoms with Gasteiger partial charge in [-0.3, -0.25) is 9.97 Å². The van der Waals surface area contributed by atoms with Gasteiger partial charge in [-0.25, -0.2) is 0 Å². The Bertz CT molecular complexity index is 4470. The van der Waals surface area contributed by atoms with Gasteiger partial charge in [0.1, 0.15) is 11.5 Å². The Kier molecular flexibility index (Phi) is 7.72. The Morgan fingerprint density at radius 3 is 1.38 bits per heavy atom. The van der Waals surface area contributed by atoms with E-state index in [1.54, 1.807) is 0 Å². The number of hydrogen-bond donors (Lipinski definition) is 0. The number of rotatable bonds is 4. The van der Waals surface area contributed by atoms with Crippen LogP contribution in [0.2, 0.25) is 0 Å². The van der Waals surface area contributed by atoms with E-state index in [9.17, 15) is 0 Å². The lowest BCUT2D eigenvalue weighted by molar-refractivity contribution is 0.436. The molecule has 16 rings (SSSR count). The second-order valence-corrected chi connectivity index (χ2v) is 18.9. The number of aromatic nitrogens is 5. The first-order valence-electron chi connectivity index (χ1n) is 24.2. The van der Waals surface area contributed by atoms with Crippen molar-refractivity contribution in [2.45, 2.75) is 5.41 Å². The van der Waals surface area contributed by atoms with E-state index >= 15 is 0 Å². The van der Waals surface area contributed by atoms with Crippen LogP contribution in [-0.4, -0.2) is 23.7 Å². The van der Waals surface area contributed by atoms with Gasteiger partial charge in [0.05, 0.1) is 49.9 Å². The molecule has 0 fully saturated rings. The van der Waals surface area contributed by atoms with E-state index in [-0.39, 0.29) is 0 Å². The molecule has 2 aliphatic rings. The molecule has 6 nitrogen and oxygen atoms in total. The Balaban J connectivity index is 0.874. The second kappa shape index (κ2) is 14.3. The molecule has 0 saturated carbocycles. The Hall–Kier alpha value is -9.52. The van der Waals surface area contributed by atoms with E-state index in [0.29, 0.717) is 0 Å². The van der Waals surface area contributed by atoms with Crippen LogP contribution in [0.4, 0.5) is 0 Å². The van der Waals surface area contributed by atoms with Crippen LogP contribution in [-0.2, 0) is 5.41 Å². The molecule has 1 unspecified atom stereocenters. The summed E-state index contributed by atoms with van der Waals surface area (Å²) in [5, 5.41) is 7.34. The van der Waals surface area contributed by atoms with Crippen molar-refractivity contribution < 1.29 is 4.74 Å². The maximum absolute atomic E-state index is 6.89. The zero-order valence-electron chi connectivity index (χ0n) is 38.2. The first-order valence-corrected chi connectivity index (χ1v) is 24.2. The van der Waals surface area contributed by atoms with Gasteiger partial charge in [-0.1, -0.05) is 121 Å². The normalized spacial score (nSPS) is 14.6. The average molecular weight is 906 g/mol. The Morgan fingerprint density at radius 2 is 0.775 bits per heavy atom. The molecule has 0 amide bonds. The molecule has 14 aromatic rings. The minimum absolute atomic E-state index is 0.771. The van der Waals surface area contributed by atoms with Gasteiger partial charge in [0.15, 0.2) is 0 Å². The Labute approximate surface area is 407 Å². The molecule has 0 bridgehead atoms. The van der Waals surface area contributed by atoms with Crippen molar-refractivity contribution in [2.75, 3.05) is 0 Å². The summed E-state index contributed by atoms with van der Waals surface area (Å²) in [6.07, 6.45) is 3.92. The van der Waals surface area contributed by atoms with E-state index in [4.69, 9.17) is 14.7 Å². The third-order valence-corrected chi connectivity index (χ3v) is 15.4. The smallest absolute Gasteiger partial charge is 0.132 e. The Morgan fingerprint density at radius 1 is 0.310 bits per heavy atom. The topological polar surface area (TPSA) is 49.8 Å². The number of fused-ring (bicyclic) bond motifs is 18. The molecule has 0 N–H and O–H groups in total. The van der Waals surface area contributed by atoms with Crippen LogP contribution in [0.5, 0.6) is 11.5 Å². The third-order valence-electron chi connectivity index (χ3n) is 15.4. The standard InChI is InChI=1S/C65H39N5O/c1-7-21-55-45(14-1)46-15-2-8-22-56(46)68(55)42-28-30-43(31-29-42)69-59-25-11-5-18-49(59)50-36-40(27-33-60(50)69)41-37-54-64(67-39-41)63-52(20-13-35-66-63)65(54)51-19-6-12-26-61(51)71-62-34-32-44(38-53(62)65)70-57-23-9-3-16-47(57)48-17-4-10-24-58(48)70/h1-39H. The summed E-state index contributed by atoms with van der Waals surface area (Å²) in [6, 6.07) is 81.2. The number of para-hydroxylation sites is 6. The number of benzene rings is 9. The van der Waals surface area contributed by atoms with E-state index in [0.717, 1.165) is 95.4 Å². The molecular formula is C65H39N5O. The van der Waals surface area contributed by atoms with Crippen molar-refractivity contribution in [3.05, 3.63) is 259 Å². The fourth-order valence-corrected chi connectivity index (χ4v) is 12.5. The maximum atomic E-state index is 6.89. The molecule has 1 aliphatic heterocycles. The molecule has 1 aliphatic carbocycles. The lowest BCUT2D eigenvalue weighted by Gasteiger charge is -2.39. The molecule has 9 aromatic carbocycles. The monoisotopic (exact) mass is 905 g/mol. The summed E-state index contributed by atoms with van der Waals surface area (Å²) < 4.78 is 14.0. The first kappa shape index (κ1) is 38.4. The van der Waals surface area contributed by atoms with Gasteiger partial charge >= 0.3 is 0 Å². The van der Waals surface area contributed by atoms with Crippen molar-refractivity contribution in [2.24, 2.45) is 0 Å². The highest BCUT2D eigenvalue weighted by atomic mass is 16.5. The summed E-state index contributed by atoms with van der Waals surface area (Å²) in [5.74, 6) is 1.65. The van der Waals surface area contributed by atoms with Crippen molar-refractivity contribution in [1.29, 1.82) is 0 Å². The SMILES string of the molecule is c1ccc2c(c1)Oc1ccc(-n3c4ccccc4c4ccccc43)cc1C21c2cccnc2-c2ncc(-c3ccc4c(c3)c3ccccc3n4-c3ccc(-n4c5ccccc5c5ccccc54)cc3)cc21. The average Bonchev–Trinajstić information content (AvgIpc) is 4.15. The van der Waals surface area contributed by atoms with E-state index in [1.165, 1.54) is 43.4 Å². The van der Waals surface area contributed by atoms with Gasteiger partial charge in [0.25, 0.3) is 0 Å². The quantitative estimate of drug-likeness (QED) is 0.177. The van der Waals surface area contributed by atoms with E-state index < -0.39 is 5.41 Å². The van der Waals surface area contributed by atoms with Crippen LogP contribution in [0.15, 0.2) is 237 Å². The summed E-state index contributed by atoms with van der Waals surface area (Å²) in [4.78, 5) is 10.5. The zero-order chi connectivity index (χ0) is 46.4. The van der Waals surface area contributed by atoms with Crippen LogP contribution in [0.3, 0.4) is 0 Å². The van der Waals surface area contributed by atoms with Crippen LogP contribution in [0.25, 0.3) is 105 Å². The van der Waals surface area contributed by atoms with Crippen LogP contribution in [0, 0.1) is 0 Å². The van der Waals surface area contributed by atoms with Gasteiger partial charge in [-0.15, -0.1) is 0 Å². The highest BCUT2D eigenvalue weighted by molar-refractivity contribution is 6.12. The van der Waals surface area contributed by atoms with Crippen molar-refractivity contribution in [3.63, 3.8) is 0 Å². The van der Waals surface area contributed by atoms with Crippen molar-refractivity contribution >= 4 is 65.4 Å². The van der Waals surface area contributed by atoms with Crippen molar-refractivity contribution in [3.8, 4) is 51.1 Å². The summed E-state index contributed by atoms with van der Waals surface area (Å²) >= 11 is 0. The first-order chi connectivity index (χ1) is 35.2. The van der Waals surface area contributed by atoms with Crippen LogP contribution >= 0.6 is 0 Å². The highest BCUT2D eigenvalue weighted by Crippen LogP contribution is 2.62. The zero-order valence-corrected chi connectivity index (χ0v) is 38.2. The third kappa shape index (κ3) is 5.15. The van der Waals surface area contributed by atoms with E-state index in [1.807, 2.05) is 12.4 Å². The molecule has 1 atom stereocenters. The molecule has 0 saturated heterocycles. The van der Waals surface area contributed by atoms with Gasteiger partial charge in [-0.2, -0.15) is 0 Å². The number of nitrogens with zero attached hydrogens (tertiary/aromatic N) is 5. The maximum Gasteiger partial charge on any atom is 0.132 e. The predicted octanol–water partition coefficient (Wildman–Crippen LogP) is 15.9. The molecule has 6 heteroatoms. The van der Waals surface area contributed by atoms with Gasteiger partial charge in [0, 0.05) is 84.0 Å². The van der Waals surface area contributed by atoms with E-state index in [2.05, 4.69) is 238 Å². The lowest BCUT2D eigenvalue weighted by atomic mass is 9.66. The predicted molar refractivity (Wildman–Crippen MR) is 288 cm³/mol. The minimum Gasteiger partial charge on any atom is -0.457 e. The number of hydrogen-bond acceptors (Lipinski definition) is 3. The van der Waals surface area contributed by atoms with Crippen LogP contribution in [0.1, 0.15) is 22.3 Å². The fraction of sp³-hybridized carbons (Fsp3) is 0.0154. The van der Waals surface area contributed by atoms with Gasteiger partial charge in [0.2, 0.25) is 0 Å². The van der Waals surface area contributed by atoms with Gasteiger partial charge in [-0.05, 0) is 114 Å². The molecule has 330 valence electrons. The summed E-state index contributed by atoms with van der Waals surface area (Å²) in [7, 11) is 0. The fourth-order valence-electron chi connectivity index (χ4n) is 12.5. The molecule has 5 aromatic heterocycles. The lowest BCUT2D eigenvalue weighted by Crippen LogP contribution is -2.32. The molecule has 0 radical (unpaired) electrons. The molecule has 6 heterocycles. The number of pyridine rings is 2. The summed E-state index contributed by atoms with van der Waals surface area (Å²) in [5.41, 5.74) is 17.8. The number of ether oxygens (including phenoxy) is 1. The summed E-state index contributed by atoms with van der Waals surface area (Å²) in [6.45, 7) is 0. The second-order valence-electron chi connectivity index (χ2n) is 18.9. The van der Waals surface area contributed by atoms with Crippen molar-refractivity contribution in [1.82, 2.24) is 23.7 Å². The largest absolute Gasteiger partial charge is 0.457 e. The molecular weight excluding hydrogens is 867 g/mol. The molecule has 71 heavy (non-hydrogen) atoms. The highest BCUT2D eigenvalue weighted by Gasteiger charge is 2.52. The van der Waals surface area contributed by atoms with Crippen LogP contribution < -0.4 is 4.74 Å². The van der Waals surface area contributed by atoms with Gasteiger partial charge < -0.3 is 18.4 Å². The molecule has 1 spiro atoms.